The summed E-state index contributed by atoms with van der Waals surface area (Å²) in [5, 5.41) is 1.15. The molecule has 3 nitrogen and oxygen atoms in total. The number of benzene rings is 2. The summed E-state index contributed by atoms with van der Waals surface area (Å²) in [7, 11) is 0. The number of nitrogens with two attached hydrogens (primary N) is 1. The first-order valence-electron chi connectivity index (χ1n) is 5.98. The van der Waals surface area contributed by atoms with Gasteiger partial charge in [-0.05, 0) is 17.7 Å². The van der Waals surface area contributed by atoms with Crippen LogP contribution in [0.15, 0.2) is 60.8 Å². The number of aromatic nitrogens is 1. The zero-order valence-electron chi connectivity index (χ0n) is 10.0. The number of nitrogens with one attached hydrogen (secondary N) is 1. The fourth-order valence-electron chi connectivity index (χ4n) is 2.13. The Hall–Kier alpha value is -2.42. The Kier molecular flexibility index (Phi) is 2.65. The average Bonchev–Trinajstić information content (AvgIpc) is 2.82. The lowest BCUT2D eigenvalue weighted by Crippen LogP contribution is -2.13. The molecule has 0 bridgehead atoms. The van der Waals surface area contributed by atoms with Gasteiger partial charge in [0.05, 0.1) is 17.7 Å². The van der Waals surface area contributed by atoms with E-state index in [1.807, 2.05) is 41.2 Å². The number of anilines is 1. The molecule has 0 fully saturated rings. The number of nitrogen functional groups attached to an aromatic ring is 1. The maximum absolute atomic E-state index is 6.01. The zero-order valence-corrected chi connectivity index (χ0v) is 10.0. The standard InChI is InChI=1S/C15H15N3/c16-14-8-4-7-13-9-10-18(15(13)14)17-11-12-5-2-1-3-6-12/h1-10,17H,11,16H2. The van der Waals surface area contributed by atoms with Crippen LogP contribution < -0.4 is 11.2 Å². The first kappa shape index (κ1) is 10.7. The molecule has 90 valence electrons. The highest BCUT2D eigenvalue weighted by molar-refractivity contribution is 5.90. The summed E-state index contributed by atoms with van der Waals surface area (Å²) in [6, 6.07) is 18.3. The molecule has 0 amide bonds. The smallest absolute Gasteiger partial charge is 0.0921 e. The lowest BCUT2D eigenvalue weighted by atomic mass is 10.2. The van der Waals surface area contributed by atoms with E-state index >= 15 is 0 Å². The summed E-state index contributed by atoms with van der Waals surface area (Å²) in [5.74, 6) is 0. The van der Waals surface area contributed by atoms with E-state index in [2.05, 4.69) is 29.7 Å². The van der Waals surface area contributed by atoms with Gasteiger partial charge >= 0.3 is 0 Å². The van der Waals surface area contributed by atoms with E-state index in [9.17, 15) is 0 Å². The molecule has 0 radical (unpaired) electrons. The van der Waals surface area contributed by atoms with Crippen molar-refractivity contribution in [2.24, 2.45) is 0 Å². The van der Waals surface area contributed by atoms with Gasteiger partial charge in [-0.3, -0.25) is 4.68 Å². The maximum atomic E-state index is 6.01. The number of hydrogen-bond acceptors (Lipinski definition) is 2. The molecule has 1 heterocycles. The van der Waals surface area contributed by atoms with Gasteiger partial charge in [-0.25, -0.2) is 0 Å². The summed E-state index contributed by atoms with van der Waals surface area (Å²) in [6.07, 6.45) is 2.00. The van der Waals surface area contributed by atoms with Crippen LogP contribution in [0.1, 0.15) is 5.56 Å². The van der Waals surface area contributed by atoms with E-state index in [-0.39, 0.29) is 0 Å². The molecule has 0 saturated carbocycles. The van der Waals surface area contributed by atoms with Crippen molar-refractivity contribution in [1.82, 2.24) is 4.68 Å². The molecule has 3 aromatic rings. The minimum Gasteiger partial charge on any atom is -0.397 e. The van der Waals surface area contributed by atoms with Gasteiger partial charge in [0, 0.05) is 11.6 Å². The molecule has 1 aromatic heterocycles. The predicted molar refractivity (Wildman–Crippen MR) is 75.9 cm³/mol. The Morgan fingerprint density at radius 1 is 0.944 bits per heavy atom. The zero-order chi connectivity index (χ0) is 12.4. The van der Waals surface area contributed by atoms with Crippen molar-refractivity contribution in [3.63, 3.8) is 0 Å². The van der Waals surface area contributed by atoms with Crippen molar-refractivity contribution in [2.75, 3.05) is 11.2 Å². The molecular formula is C15H15N3. The predicted octanol–water partition coefficient (Wildman–Crippen LogP) is 2.97. The molecule has 0 aliphatic carbocycles. The molecule has 3 N–H and O–H groups in total. The van der Waals surface area contributed by atoms with E-state index in [4.69, 9.17) is 5.73 Å². The fourth-order valence-corrected chi connectivity index (χ4v) is 2.13. The normalized spacial score (nSPS) is 10.7. The summed E-state index contributed by atoms with van der Waals surface area (Å²) in [4.78, 5) is 0. The van der Waals surface area contributed by atoms with Gasteiger partial charge in [-0.2, -0.15) is 0 Å². The number of nitrogens with zero attached hydrogens (tertiary/aromatic N) is 1. The second kappa shape index (κ2) is 4.45. The Bertz CT molecular complexity index is 656. The third kappa shape index (κ3) is 1.91. The van der Waals surface area contributed by atoms with Gasteiger partial charge in [-0.15, -0.1) is 0 Å². The van der Waals surface area contributed by atoms with Gasteiger partial charge in [0.25, 0.3) is 0 Å². The van der Waals surface area contributed by atoms with E-state index in [1.165, 1.54) is 5.56 Å². The fraction of sp³-hybridized carbons (Fsp3) is 0.0667. The molecule has 3 rings (SSSR count). The minimum absolute atomic E-state index is 0.777. The summed E-state index contributed by atoms with van der Waals surface area (Å²) in [6.45, 7) is 0.777. The van der Waals surface area contributed by atoms with Gasteiger partial charge in [0.1, 0.15) is 0 Å². The number of hydrogen-bond donors (Lipinski definition) is 2. The monoisotopic (exact) mass is 237 g/mol. The molecule has 0 saturated heterocycles. The van der Waals surface area contributed by atoms with Gasteiger partial charge in [-0.1, -0.05) is 42.5 Å². The van der Waals surface area contributed by atoms with E-state index < -0.39 is 0 Å². The SMILES string of the molecule is Nc1cccc2ccn(NCc3ccccc3)c12. The molecule has 0 aliphatic rings. The third-order valence-corrected chi connectivity index (χ3v) is 3.04. The van der Waals surface area contributed by atoms with E-state index in [0.29, 0.717) is 0 Å². The highest BCUT2D eigenvalue weighted by Gasteiger charge is 2.03. The lowest BCUT2D eigenvalue weighted by molar-refractivity contribution is 0.875. The molecule has 0 atom stereocenters. The van der Waals surface area contributed by atoms with Crippen LogP contribution in [-0.4, -0.2) is 4.68 Å². The summed E-state index contributed by atoms with van der Waals surface area (Å²) in [5.41, 5.74) is 12.4. The first-order valence-corrected chi connectivity index (χ1v) is 5.98. The Balaban J connectivity index is 1.87. The first-order chi connectivity index (χ1) is 8.84. The topological polar surface area (TPSA) is 43.0 Å². The highest BCUT2D eigenvalue weighted by atomic mass is 15.4. The number of rotatable bonds is 3. The molecular weight excluding hydrogens is 222 g/mol. The van der Waals surface area contributed by atoms with E-state index in [0.717, 1.165) is 23.1 Å². The minimum atomic E-state index is 0.777. The van der Waals surface area contributed by atoms with Crippen molar-refractivity contribution >= 4 is 16.6 Å². The Labute approximate surface area is 106 Å². The summed E-state index contributed by atoms with van der Waals surface area (Å²) < 4.78 is 1.98. The quantitative estimate of drug-likeness (QED) is 0.688. The Morgan fingerprint density at radius 2 is 1.78 bits per heavy atom. The molecule has 18 heavy (non-hydrogen) atoms. The molecule has 3 heteroatoms. The van der Waals surface area contributed by atoms with Crippen molar-refractivity contribution in [1.29, 1.82) is 0 Å². The van der Waals surface area contributed by atoms with Gasteiger partial charge < -0.3 is 11.2 Å². The molecule has 0 spiro atoms. The van der Waals surface area contributed by atoms with Crippen LogP contribution >= 0.6 is 0 Å². The number of para-hydroxylation sites is 1. The van der Waals surface area contributed by atoms with Crippen LogP contribution in [0.4, 0.5) is 5.69 Å². The molecule has 0 aliphatic heterocycles. The Morgan fingerprint density at radius 3 is 2.61 bits per heavy atom. The summed E-state index contributed by atoms with van der Waals surface area (Å²) >= 11 is 0. The largest absolute Gasteiger partial charge is 0.397 e. The number of fused-ring (bicyclic) bond motifs is 1. The third-order valence-electron chi connectivity index (χ3n) is 3.04. The second-order valence-electron chi connectivity index (χ2n) is 4.29. The lowest BCUT2D eigenvalue weighted by Gasteiger charge is -2.10. The van der Waals surface area contributed by atoms with Crippen LogP contribution in [-0.2, 0) is 6.54 Å². The van der Waals surface area contributed by atoms with Crippen molar-refractivity contribution < 1.29 is 0 Å². The van der Waals surface area contributed by atoms with E-state index in [1.54, 1.807) is 0 Å². The van der Waals surface area contributed by atoms with Crippen molar-refractivity contribution in [3.8, 4) is 0 Å². The average molecular weight is 237 g/mol. The van der Waals surface area contributed by atoms with Crippen LogP contribution in [0.5, 0.6) is 0 Å². The van der Waals surface area contributed by atoms with Crippen LogP contribution in [0.25, 0.3) is 10.9 Å². The van der Waals surface area contributed by atoms with Gasteiger partial charge in [0.15, 0.2) is 0 Å². The second-order valence-corrected chi connectivity index (χ2v) is 4.29. The van der Waals surface area contributed by atoms with Crippen LogP contribution in [0, 0.1) is 0 Å². The maximum Gasteiger partial charge on any atom is 0.0921 e. The van der Waals surface area contributed by atoms with Gasteiger partial charge in [0.2, 0.25) is 0 Å². The van der Waals surface area contributed by atoms with Crippen molar-refractivity contribution in [3.05, 3.63) is 66.4 Å². The molecule has 0 unspecified atom stereocenters. The highest BCUT2D eigenvalue weighted by Crippen LogP contribution is 2.21. The molecule has 2 aromatic carbocycles. The van der Waals surface area contributed by atoms with Crippen molar-refractivity contribution in [2.45, 2.75) is 6.54 Å². The van der Waals surface area contributed by atoms with Crippen LogP contribution in [0.3, 0.4) is 0 Å². The van der Waals surface area contributed by atoms with Crippen LogP contribution in [0.2, 0.25) is 0 Å².